The molecule has 4 heterocycles. The first-order valence-electron chi connectivity index (χ1n) is 11.3. The number of fused-ring (bicyclic) bond motifs is 1. The van der Waals surface area contributed by atoms with Crippen molar-refractivity contribution >= 4 is 0 Å². The van der Waals surface area contributed by atoms with Gasteiger partial charge < -0.3 is 10.5 Å². The van der Waals surface area contributed by atoms with E-state index in [-0.39, 0.29) is 11.8 Å². The topological polar surface area (TPSA) is 108 Å². The average molecular weight is 450 g/mol. The quantitative estimate of drug-likeness (QED) is 0.501. The van der Waals surface area contributed by atoms with Crippen molar-refractivity contribution in [3.8, 4) is 29.0 Å². The van der Waals surface area contributed by atoms with E-state index in [1.165, 1.54) is 6.42 Å². The van der Waals surface area contributed by atoms with Crippen molar-refractivity contribution in [1.29, 1.82) is 5.26 Å². The second-order valence-corrected chi connectivity index (χ2v) is 8.73. The molecule has 0 amide bonds. The van der Waals surface area contributed by atoms with Crippen LogP contribution in [-0.4, -0.2) is 24.3 Å². The summed E-state index contributed by atoms with van der Waals surface area (Å²) in [5.74, 6) is 1.66. The van der Waals surface area contributed by atoms with Crippen LogP contribution >= 0.6 is 0 Å². The molecule has 4 aromatic rings. The number of pyridine rings is 1. The number of aromatic nitrogens is 5. The highest BCUT2D eigenvalue weighted by Gasteiger charge is 2.39. The SMILES string of the molecule is Cn1nc(C2CCC2)c2c1OC(N)=C(C#N)C2c1ccc(-n2ccnc2-c2cccnc2)cc1. The maximum absolute atomic E-state index is 9.98. The maximum atomic E-state index is 9.98. The van der Waals surface area contributed by atoms with Gasteiger partial charge in [0.05, 0.1) is 17.2 Å². The van der Waals surface area contributed by atoms with Crippen molar-refractivity contribution in [1.82, 2.24) is 24.3 Å². The van der Waals surface area contributed by atoms with Gasteiger partial charge in [-0.2, -0.15) is 10.4 Å². The van der Waals surface area contributed by atoms with Crippen molar-refractivity contribution in [3.05, 3.63) is 89.5 Å². The zero-order valence-electron chi connectivity index (χ0n) is 18.7. The van der Waals surface area contributed by atoms with Gasteiger partial charge in [0.2, 0.25) is 11.8 Å². The van der Waals surface area contributed by atoms with Crippen LogP contribution in [0.1, 0.15) is 47.9 Å². The molecule has 0 radical (unpaired) electrons. The highest BCUT2D eigenvalue weighted by molar-refractivity contribution is 5.59. The Morgan fingerprint density at radius 2 is 1.97 bits per heavy atom. The molecule has 8 nitrogen and oxygen atoms in total. The van der Waals surface area contributed by atoms with Crippen LogP contribution in [0, 0.1) is 11.3 Å². The van der Waals surface area contributed by atoms with E-state index in [9.17, 15) is 5.26 Å². The van der Waals surface area contributed by atoms with Gasteiger partial charge in [-0.25, -0.2) is 9.67 Å². The van der Waals surface area contributed by atoms with Crippen molar-refractivity contribution in [2.75, 3.05) is 0 Å². The summed E-state index contributed by atoms with van der Waals surface area (Å²) in [4.78, 5) is 8.73. The molecule has 34 heavy (non-hydrogen) atoms. The molecule has 6 rings (SSSR count). The number of nitriles is 1. The van der Waals surface area contributed by atoms with Gasteiger partial charge >= 0.3 is 0 Å². The zero-order chi connectivity index (χ0) is 23.2. The molecule has 1 saturated carbocycles. The summed E-state index contributed by atoms with van der Waals surface area (Å²) in [6, 6.07) is 14.4. The molecule has 1 fully saturated rings. The number of aryl methyl sites for hydroxylation is 1. The first-order valence-corrected chi connectivity index (χ1v) is 11.3. The number of benzene rings is 1. The summed E-state index contributed by atoms with van der Waals surface area (Å²) in [6.07, 6.45) is 10.7. The van der Waals surface area contributed by atoms with Gasteiger partial charge in [0.15, 0.2) is 0 Å². The number of hydrogen-bond acceptors (Lipinski definition) is 6. The van der Waals surface area contributed by atoms with Crippen LogP contribution in [0.3, 0.4) is 0 Å². The van der Waals surface area contributed by atoms with Crippen LogP contribution in [0.15, 0.2) is 72.6 Å². The van der Waals surface area contributed by atoms with E-state index in [0.29, 0.717) is 17.4 Å². The molecule has 1 unspecified atom stereocenters. The summed E-state index contributed by atoms with van der Waals surface area (Å²) in [5, 5.41) is 14.8. The number of allylic oxidation sites excluding steroid dienone is 1. The van der Waals surface area contributed by atoms with E-state index < -0.39 is 0 Å². The standard InChI is InChI=1S/C26H23N7O/c1-32-26-22(23(31-32)17-4-2-5-17)21(20(14-27)24(28)34-26)16-7-9-19(10-8-16)33-13-12-30-25(33)18-6-3-11-29-15-18/h3,6-13,15,17,21H,2,4-5,28H2,1H3. The van der Waals surface area contributed by atoms with Gasteiger partial charge in [-0.3, -0.25) is 9.55 Å². The molecule has 1 aromatic carbocycles. The Morgan fingerprint density at radius 3 is 2.65 bits per heavy atom. The van der Waals surface area contributed by atoms with Gasteiger partial charge in [-0.1, -0.05) is 18.6 Å². The van der Waals surface area contributed by atoms with E-state index in [1.54, 1.807) is 23.3 Å². The maximum Gasteiger partial charge on any atom is 0.224 e. The number of rotatable bonds is 4. The molecule has 0 spiro atoms. The summed E-state index contributed by atoms with van der Waals surface area (Å²) in [7, 11) is 1.87. The third kappa shape index (κ3) is 3.09. The predicted molar refractivity (Wildman–Crippen MR) is 126 cm³/mol. The highest BCUT2D eigenvalue weighted by atomic mass is 16.5. The van der Waals surface area contributed by atoms with Crippen molar-refractivity contribution in [3.63, 3.8) is 0 Å². The molecule has 1 aliphatic heterocycles. The predicted octanol–water partition coefficient (Wildman–Crippen LogP) is 4.15. The van der Waals surface area contributed by atoms with Gasteiger partial charge in [0, 0.05) is 49.0 Å². The molecule has 3 aromatic heterocycles. The Hall–Kier alpha value is -4.38. The Balaban J connectivity index is 1.43. The average Bonchev–Trinajstić information content (AvgIpc) is 3.43. The minimum absolute atomic E-state index is 0.140. The van der Waals surface area contributed by atoms with Gasteiger partial charge in [-0.05, 0) is 42.7 Å². The smallest absolute Gasteiger partial charge is 0.224 e. The molecule has 0 bridgehead atoms. The van der Waals surface area contributed by atoms with Crippen LogP contribution in [0.2, 0.25) is 0 Å². The third-order valence-electron chi connectivity index (χ3n) is 6.78. The van der Waals surface area contributed by atoms with Crippen LogP contribution in [0.25, 0.3) is 17.1 Å². The van der Waals surface area contributed by atoms with Crippen LogP contribution < -0.4 is 10.5 Å². The van der Waals surface area contributed by atoms with E-state index in [4.69, 9.17) is 15.6 Å². The Morgan fingerprint density at radius 1 is 1.15 bits per heavy atom. The molecule has 8 heteroatoms. The van der Waals surface area contributed by atoms with Crippen molar-refractivity contribution in [2.24, 2.45) is 12.8 Å². The van der Waals surface area contributed by atoms with Crippen LogP contribution in [0.4, 0.5) is 0 Å². The second-order valence-electron chi connectivity index (χ2n) is 8.73. The van der Waals surface area contributed by atoms with Gasteiger partial charge in [-0.15, -0.1) is 0 Å². The molecule has 2 aliphatic rings. The monoisotopic (exact) mass is 449 g/mol. The number of hydrogen-bond donors (Lipinski definition) is 1. The molecule has 168 valence electrons. The number of nitrogens with zero attached hydrogens (tertiary/aromatic N) is 6. The highest BCUT2D eigenvalue weighted by Crippen LogP contribution is 2.49. The Labute approximate surface area is 196 Å². The molecular weight excluding hydrogens is 426 g/mol. The first kappa shape index (κ1) is 20.2. The molecule has 1 aliphatic carbocycles. The van der Waals surface area contributed by atoms with Crippen molar-refractivity contribution in [2.45, 2.75) is 31.1 Å². The van der Waals surface area contributed by atoms with Crippen LogP contribution in [-0.2, 0) is 7.05 Å². The lowest BCUT2D eigenvalue weighted by Crippen LogP contribution is -2.23. The van der Waals surface area contributed by atoms with E-state index in [2.05, 4.69) is 16.0 Å². The second kappa shape index (κ2) is 7.89. The van der Waals surface area contributed by atoms with E-state index in [0.717, 1.165) is 46.7 Å². The molecule has 0 saturated heterocycles. The van der Waals surface area contributed by atoms with E-state index in [1.807, 2.05) is 54.2 Å². The first-order chi connectivity index (χ1) is 16.7. The van der Waals surface area contributed by atoms with E-state index >= 15 is 0 Å². The number of ether oxygens (including phenoxy) is 1. The molecular formula is C26H23N7O. The van der Waals surface area contributed by atoms with Gasteiger partial charge in [0.25, 0.3) is 0 Å². The fourth-order valence-corrected chi connectivity index (χ4v) is 4.87. The zero-order valence-corrected chi connectivity index (χ0v) is 18.7. The molecule has 2 N–H and O–H groups in total. The lowest BCUT2D eigenvalue weighted by molar-refractivity contribution is 0.358. The minimum Gasteiger partial charge on any atom is -0.422 e. The molecule has 1 atom stereocenters. The summed E-state index contributed by atoms with van der Waals surface area (Å²) < 4.78 is 9.65. The normalized spacial score (nSPS) is 17.6. The minimum atomic E-state index is -0.312. The third-order valence-corrected chi connectivity index (χ3v) is 6.78. The lowest BCUT2D eigenvalue weighted by atomic mass is 9.76. The van der Waals surface area contributed by atoms with Crippen LogP contribution in [0.5, 0.6) is 5.88 Å². The number of imidazole rings is 1. The number of nitrogens with two attached hydrogens (primary N) is 1. The Bertz CT molecular complexity index is 1440. The summed E-state index contributed by atoms with van der Waals surface area (Å²) in [5.41, 5.74) is 11.5. The summed E-state index contributed by atoms with van der Waals surface area (Å²) in [6.45, 7) is 0. The van der Waals surface area contributed by atoms with Gasteiger partial charge in [0.1, 0.15) is 17.5 Å². The lowest BCUT2D eigenvalue weighted by Gasteiger charge is -2.29. The largest absolute Gasteiger partial charge is 0.422 e. The fraction of sp³-hybridized carbons (Fsp3) is 0.231. The fourth-order valence-electron chi connectivity index (χ4n) is 4.87. The van der Waals surface area contributed by atoms with Crippen molar-refractivity contribution < 1.29 is 4.74 Å². The Kier molecular flexibility index (Phi) is 4.69. The summed E-state index contributed by atoms with van der Waals surface area (Å²) >= 11 is 0.